The number of H-pyrrole nitrogens is 1. The summed E-state index contributed by atoms with van der Waals surface area (Å²) in [7, 11) is -4.84. The monoisotopic (exact) mass is 486 g/mol. The highest BCUT2D eigenvalue weighted by molar-refractivity contribution is 7.86. The van der Waals surface area contributed by atoms with Crippen LogP contribution in [0.5, 0.6) is 0 Å². The van der Waals surface area contributed by atoms with Crippen LogP contribution in [0.25, 0.3) is 44.0 Å². The van der Waals surface area contributed by atoms with Crippen LogP contribution in [-0.2, 0) is 16.8 Å². The maximum absolute atomic E-state index is 13.7. The van der Waals surface area contributed by atoms with E-state index in [2.05, 4.69) is 22.4 Å². The molecule has 0 radical (unpaired) electrons. The zero-order valence-electron chi connectivity index (χ0n) is 19.4. The van der Waals surface area contributed by atoms with Gasteiger partial charge < -0.3 is 9.55 Å². The van der Waals surface area contributed by atoms with E-state index in [1.807, 2.05) is 37.3 Å². The molecule has 7 heteroatoms. The number of fused-ring (bicyclic) bond motifs is 4. The molecule has 5 aromatic rings. The molecule has 0 unspecified atom stereocenters. The normalized spacial score (nSPS) is 11.9. The van der Waals surface area contributed by atoms with Gasteiger partial charge in [-0.25, -0.2) is 0 Å². The van der Waals surface area contributed by atoms with Crippen LogP contribution in [0.2, 0.25) is 0 Å². The van der Waals surface area contributed by atoms with Crippen LogP contribution in [0.4, 0.5) is 3.89 Å². The van der Waals surface area contributed by atoms with E-state index in [-0.39, 0.29) is 5.43 Å². The van der Waals surface area contributed by atoms with Crippen molar-refractivity contribution >= 4 is 43.1 Å². The fourth-order valence-electron chi connectivity index (χ4n) is 4.74. The Morgan fingerprint density at radius 2 is 1.89 bits per heavy atom. The number of nitrogens with zero attached hydrogens (tertiary/aromatic N) is 1. The topological polar surface area (TPSA) is 71.9 Å². The third-order valence-electron chi connectivity index (χ3n) is 6.48. The zero-order valence-corrected chi connectivity index (χ0v) is 20.2. The first kappa shape index (κ1) is 22.9. The van der Waals surface area contributed by atoms with E-state index in [1.54, 1.807) is 6.07 Å². The summed E-state index contributed by atoms with van der Waals surface area (Å²) in [5.41, 5.74) is 4.97. The van der Waals surface area contributed by atoms with E-state index in [0.717, 1.165) is 51.6 Å². The number of unbranched alkanes of at least 4 members (excludes halogenated alkanes) is 1. The van der Waals surface area contributed by atoms with Gasteiger partial charge in [0.15, 0.2) is 5.43 Å². The van der Waals surface area contributed by atoms with Gasteiger partial charge >= 0.3 is 10.2 Å². The molecular formula is C28H23FN2O3S. The van der Waals surface area contributed by atoms with Gasteiger partial charge in [0, 0.05) is 28.4 Å². The average molecular weight is 487 g/mol. The minimum atomic E-state index is -4.84. The van der Waals surface area contributed by atoms with Gasteiger partial charge in [0.05, 0.1) is 15.8 Å². The van der Waals surface area contributed by atoms with E-state index >= 15 is 0 Å². The lowest BCUT2D eigenvalue weighted by molar-refractivity contribution is 0.552. The largest absolute Gasteiger partial charge is 0.340 e. The maximum atomic E-state index is 13.7. The van der Waals surface area contributed by atoms with Crippen molar-refractivity contribution in [2.45, 2.75) is 38.1 Å². The summed E-state index contributed by atoms with van der Waals surface area (Å²) in [5.74, 6) is 2.63. The molecule has 0 bridgehead atoms. The SMILES string of the molecule is C#Cc1ccc2c(c1)[nH]c1c2c(=O)c2cc(C)c(-c3cccc(S(=O)(=O)F)c3)cc2n1CCCC. The molecular weight excluding hydrogens is 463 g/mol. The van der Waals surface area contributed by atoms with Crippen LogP contribution in [0.3, 0.4) is 0 Å². The van der Waals surface area contributed by atoms with E-state index < -0.39 is 15.1 Å². The standard InChI is InChI=1S/C28H23FN2O3S/c1-4-6-12-31-25-16-22(19-8-7-9-20(15-19)35(29,33)34)17(3)13-23(25)27(32)26-21-11-10-18(5-2)14-24(21)30-28(26)31/h2,7-11,13-16,30H,4,6,12H2,1,3H3. The van der Waals surface area contributed by atoms with E-state index in [1.165, 1.54) is 18.2 Å². The molecule has 5 nitrogen and oxygen atoms in total. The molecule has 0 aliphatic carbocycles. The Bertz CT molecular complexity index is 1860. The third-order valence-corrected chi connectivity index (χ3v) is 7.30. The lowest BCUT2D eigenvalue weighted by atomic mass is 9.97. The summed E-state index contributed by atoms with van der Waals surface area (Å²) >= 11 is 0. The second-order valence-electron chi connectivity index (χ2n) is 8.74. The first-order chi connectivity index (χ1) is 16.7. The first-order valence-corrected chi connectivity index (χ1v) is 12.8. The Kier molecular flexibility index (Phi) is 5.49. The van der Waals surface area contributed by atoms with Crippen LogP contribution < -0.4 is 5.43 Å². The third kappa shape index (κ3) is 3.80. The van der Waals surface area contributed by atoms with Crippen molar-refractivity contribution in [3.05, 3.63) is 75.9 Å². The molecule has 2 heterocycles. The van der Waals surface area contributed by atoms with Crippen LogP contribution in [-0.4, -0.2) is 18.0 Å². The Morgan fingerprint density at radius 1 is 1.09 bits per heavy atom. The highest BCUT2D eigenvalue weighted by atomic mass is 32.3. The van der Waals surface area contributed by atoms with Crippen molar-refractivity contribution in [1.82, 2.24) is 9.55 Å². The molecule has 3 aromatic carbocycles. The molecule has 35 heavy (non-hydrogen) atoms. The number of rotatable bonds is 5. The van der Waals surface area contributed by atoms with E-state index in [4.69, 9.17) is 6.42 Å². The van der Waals surface area contributed by atoms with Gasteiger partial charge in [-0.3, -0.25) is 4.79 Å². The minimum Gasteiger partial charge on any atom is -0.340 e. The number of halogens is 1. The highest BCUT2D eigenvalue weighted by Gasteiger charge is 2.19. The first-order valence-electron chi connectivity index (χ1n) is 11.4. The fourth-order valence-corrected chi connectivity index (χ4v) is 5.25. The van der Waals surface area contributed by atoms with Gasteiger partial charge in [-0.05, 0) is 66.4 Å². The van der Waals surface area contributed by atoms with Gasteiger partial charge in [-0.15, -0.1) is 10.3 Å². The van der Waals surface area contributed by atoms with Gasteiger partial charge in [0.2, 0.25) is 0 Å². The number of aromatic amines is 1. The molecule has 5 rings (SSSR count). The Labute approximate surface area is 202 Å². The highest BCUT2D eigenvalue weighted by Crippen LogP contribution is 2.33. The predicted octanol–water partition coefficient (Wildman–Crippen LogP) is 6.05. The predicted molar refractivity (Wildman–Crippen MR) is 139 cm³/mol. The van der Waals surface area contributed by atoms with Gasteiger partial charge in [0.25, 0.3) is 0 Å². The molecule has 0 atom stereocenters. The smallest absolute Gasteiger partial charge is 0.332 e. The molecule has 0 aliphatic rings. The Hall–Kier alpha value is -3.89. The van der Waals surface area contributed by atoms with Crippen LogP contribution >= 0.6 is 0 Å². The van der Waals surface area contributed by atoms with Crippen LogP contribution in [0.15, 0.2) is 64.3 Å². The lowest BCUT2D eigenvalue weighted by Gasteiger charge is -2.16. The maximum Gasteiger partial charge on any atom is 0.332 e. The Morgan fingerprint density at radius 3 is 2.60 bits per heavy atom. The Balaban J connectivity index is 1.88. The second kappa shape index (κ2) is 8.40. The molecule has 0 saturated heterocycles. The summed E-state index contributed by atoms with van der Waals surface area (Å²) in [6, 6.07) is 15.1. The molecule has 2 aromatic heterocycles. The molecule has 1 N–H and O–H groups in total. The van der Waals surface area contributed by atoms with Crippen molar-refractivity contribution in [2.24, 2.45) is 0 Å². The zero-order chi connectivity index (χ0) is 24.9. The summed E-state index contributed by atoms with van der Waals surface area (Å²) in [5, 5.41) is 2.01. The summed E-state index contributed by atoms with van der Waals surface area (Å²) in [4.78, 5) is 16.7. The lowest BCUT2D eigenvalue weighted by Crippen LogP contribution is -2.12. The fraction of sp³-hybridized carbons (Fsp3) is 0.179. The van der Waals surface area contributed by atoms with Crippen molar-refractivity contribution in [1.29, 1.82) is 0 Å². The van der Waals surface area contributed by atoms with Crippen molar-refractivity contribution in [3.8, 4) is 23.5 Å². The quantitative estimate of drug-likeness (QED) is 0.243. The molecule has 0 saturated carbocycles. The molecule has 0 fully saturated rings. The van der Waals surface area contributed by atoms with Gasteiger partial charge in [0.1, 0.15) is 5.65 Å². The summed E-state index contributed by atoms with van der Waals surface area (Å²) in [6.45, 7) is 4.64. The van der Waals surface area contributed by atoms with E-state index in [0.29, 0.717) is 22.9 Å². The number of hydrogen-bond acceptors (Lipinski definition) is 3. The van der Waals surface area contributed by atoms with Crippen LogP contribution in [0.1, 0.15) is 30.9 Å². The number of nitrogens with one attached hydrogen (secondary N) is 1. The minimum absolute atomic E-state index is 0.0859. The number of aryl methyl sites for hydroxylation is 2. The second-order valence-corrected chi connectivity index (χ2v) is 10.1. The number of hydrogen-bond donors (Lipinski definition) is 1. The number of aromatic nitrogens is 2. The summed E-state index contributed by atoms with van der Waals surface area (Å²) in [6.07, 6.45) is 7.44. The van der Waals surface area contributed by atoms with Crippen LogP contribution in [0, 0.1) is 19.3 Å². The van der Waals surface area contributed by atoms with Crippen molar-refractivity contribution < 1.29 is 12.3 Å². The number of pyridine rings is 1. The van der Waals surface area contributed by atoms with Crippen molar-refractivity contribution in [3.63, 3.8) is 0 Å². The van der Waals surface area contributed by atoms with Crippen molar-refractivity contribution in [2.75, 3.05) is 0 Å². The molecule has 176 valence electrons. The van der Waals surface area contributed by atoms with Gasteiger partial charge in [-0.2, -0.15) is 8.42 Å². The molecule has 0 amide bonds. The number of terminal acetylenes is 1. The molecule has 0 spiro atoms. The molecule has 0 aliphatic heterocycles. The average Bonchev–Trinajstić information content (AvgIpc) is 3.22. The van der Waals surface area contributed by atoms with Gasteiger partial charge in [-0.1, -0.05) is 37.5 Å². The number of benzene rings is 3. The summed E-state index contributed by atoms with van der Waals surface area (Å²) < 4.78 is 38.7. The van der Waals surface area contributed by atoms with E-state index in [9.17, 15) is 17.1 Å².